The lowest BCUT2D eigenvalue weighted by atomic mass is 10.1. The molecule has 0 aliphatic heterocycles. The zero-order chi connectivity index (χ0) is 20.2. The summed E-state index contributed by atoms with van der Waals surface area (Å²) in [5, 5.41) is 4.90. The van der Waals surface area contributed by atoms with Crippen LogP contribution >= 0.6 is 0 Å². The number of methoxy groups -OCH3 is 4. The lowest BCUT2D eigenvalue weighted by molar-refractivity contribution is -0.147. The molecule has 0 atom stereocenters. The number of carbonyl (C=O) groups excluding carboxylic acids is 3. The van der Waals surface area contributed by atoms with Crippen molar-refractivity contribution >= 4 is 17.8 Å². The highest BCUT2D eigenvalue weighted by Crippen LogP contribution is 2.38. The molecule has 10 heteroatoms. The first-order valence-electron chi connectivity index (χ1n) is 7.96. The summed E-state index contributed by atoms with van der Waals surface area (Å²) < 4.78 is 25.1. The van der Waals surface area contributed by atoms with E-state index >= 15 is 0 Å². The fourth-order valence-electron chi connectivity index (χ4n) is 2.01. The second kappa shape index (κ2) is 11.6. The van der Waals surface area contributed by atoms with E-state index in [0.29, 0.717) is 30.4 Å². The average molecular weight is 384 g/mol. The number of rotatable bonds is 11. The van der Waals surface area contributed by atoms with Gasteiger partial charge in [-0.2, -0.15) is 0 Å². The van der Waals surface area contributed by atoms with E-state index in [2.05, 4.69) is 10.6 Å². The maximum Gasteiger partial charge on any atom is 0.325 e. The Labute approximate surface area is 157 Å². The van der Waals surface area contributed by atoms with Crippen molar-refractivity contribution in [1.29, 1.82) is 0 Å². The van der Waals surface area contributed by atoms with Gasteiger partial charge in [0, 0.05) is 19.2 Å². The Bertz CT molecular complexity index is 637. The highest BCUT2D eigenvalue weighted by atomic mass is 16.5. The molecule has 0 aliphatic carbocycles. The van der Waals surface area contributed by atoms with E-state index in [0.717, 1.165) is 0 Å². The molecule has 0 radical (unpaired) electrons. The first-order valence-corrected chi connectivity index (χ1v) is 7.96. The largest absolute Gasteiger partial charge is 0.493 e. The maximum absolute atomic E-state index is 12.2. The predicted octanol–water partition coefficient (Wildman–Crippen LogP) is -0.252. The van der Waals surface area contributed by atoms with Gasteiger partial charge in [-0.05, 0) is 12.1 Å². The van der Waals surface area contributed by atoms with Crippen molar-refractivity contribution in [2.75, 3.05) is 54.7 Å². The number of benzene rings is 1. The third-order valence-corrected chi connectivity index (χ3v) is 3.31. The molecular formula is C17H24N2O8. The van der Waals surface area contributed by atoms with Gasteiger partial charge in [-0.15, -0.1) is 0 Å². The fourth-order valence-corrected chi connectivity index (χ4v) is 2.01. The molecule has 0 bridgehead atoms. The molecule has 0 aromatic heterocycles. The second-order valence-corrected chi connectivity index (χ2v) is 5.10. The smallest absolute Gasteiger partial charge is 0.325 e. The second-order valence-electron chi connectivity index (χ2n) is 5.10. The fraction of sp³-hybridized carbons (Fsp3) is 0.471. The van der Waals surface area contributed by atoms with Crippen LogP contribution in [0.4, 0.5) is 0 Å². The third-order valence-electron chi connectivity index (χ3n) is 3.31. The van der Waals surface area contributed by atoms with Gasteiger partial charge in [0.2, 0.25) is 5.75 Å². The van der Waals surface area contributed by atoms with Crippen LogP contribution in [0.25, 0.3) is 0 Å². The van der Waals surface area contributed by atoms with E-state index in [1.807, 2.05) is 0 Å². The van der Waals surface area contributed by atoms with Crippen molar-refractivity contribution in [3.8, 4) is 17.2 Å². The molecule has 0 fully saturated rings. The van der Waals surface area contributed by atoms with Crippen molar-refractivity contribution in [2.45, 2.75) is 0 Å². The van der Waals surface area contributed by atoms with Crippen LogP contribution in [0, 0.1) is 0 Å². The van der Waals surface area contributed by atoms with E-state index in [1.54, 1.807) is 0 Å². The number of carbonyl (C=O) groups is 3. The highest BCUT2D eigenvalue weighted by molar-refractivity contribution is 5.97. The summed E-state index contributed by atoms with van der Waals surface area (Å²) in [5.74, 6) is -0.810. The molecule has 0 aliphatic rings. The molecule has 1 aromatic rings. The van der Waals surface area contributed by atoms with Crippen molar-refractivity contribution < 1.29 is 38.1 Å². The lowest BCUT2D eigenvalue weighted by Crippen LogP contribution is -2.34. The summed E-state index contributed by atoms with van der Waals surface area (Å²) >= 11 is 0. The van der Waals surface area contributed by atoms with Gasteiger partial charge in [0.25, 0.3) is 11.8 Å². The van der Waals surface area contributed by atoms with Crippen LogP contribution in [-0.4, -0.2) is 72.5 Å². The Hall–Kier alpha value is -3.01. The number of nitrogens with one attached hydrogen (secondary N) is 2. The summed E-state index contributed by atoms with van der Waals surface area (Å²) in [6.45, 7) is -0.182. The van der Waals surface area contributed by atoms with Gasteiger partial charge in [-0.1, -0.05) is 0 Å². The Morgan fingerprint density at radius 2 is 1.56 bits per heavy atom. The van der Waals surface area contributed by atoms with Crippen molar-refractivity contribution in [3.05, 3.63) is 17.7 Å². The topological polar surface area (TPSA) is 121 Å². The van der Waals surface area contributed by atoms with E-state index in [-0.39, 0.29) is 5.56 Å². The van der Waals surface area contributed by atoms with Crippen molar-refractivity contribution in [3.63, 3.8) is 0 Å². The molecule has 0 unspecified atom stereocenters. The number of amides is 2. The third kappa shape index (κ3) is 7.02. The Balaban J connectivity index is 2.57. The van der Waals surface area contributed by atoms with Crippen LogP contribution in [0.3, 0.4) is 0 Å². The standard InChI is InChI=1S/C17H24N2O8/c1-23-6-5-18-14(20)10-27-15(21)9-19-17(22)11-7-12(24-2)16(26-4)13(8-11)25-3/h7-8H,5-6,9-10H2,1-4H3,(H,18,20)(H,19,22). The van der Waals surface area contributed by atoms with Crippen molar-refractivity contribution in [2.24, 2.45) is 0 Å². The van der Waals surface area contributed by atoms with Gasteiger partial charge in [0.05, 0.1) is 27.9 Å². The van der Waals surface area contributed by atoms with Gasteiger partial charge < -0.3 is 34.3 Å². The molecule has 1 aromatic carbocycles. The quantitative estimate of drug-likeness (QED) is 0.396. The molecule has 10 nitrogen and oxygen atoms in total. The zero-order valence-electron chi connectivity index (χ0n) is 15.7. The normalized spacial score (nSPS) is 9.93. The molecule has 2 amide bonds. The summed E-state index contributed by atoms with van der Waals surface area (Å²) in [6.07, 6.45) is 0. The zero-order valence-corrected chi connectivity index (χ0v) is 15.7. The van der Waals surface area contributed by atoms with Crippen LogP contribution in [0.2, 0.25) is 0 Å². The first kappa shape index (κ1) is 22.0. The van der Waals surface area contributed by atoms with E-state index < -0.39 is 30.9 Å². The minimum atomic E-state index is -0.752. The van der Waals surface area contributed by atoms with Gasteiger partial charge in [0.15, 0.2) is 18.1 Å². The Kier molecular flexibility index (Phi) is 9.45. The van der Waals surface area contributed by atoms with Crippen LogP contribution in [0.1, 0.15) is 10.4 Å². The van der Waals surface area contributed by atoms with E-state index in [4.69, 9.17) is 23.7 Å². The number of hydrogen-bond acceptors (Lipinski definition) is 8. The molecule has 0 saturated heterocycles. The lowest BCUT2D eigenvalue weighted by Gasteiger charge is -2.14. The minimum Gasteiger partial charge on any atom is -0.493 e. The highest BCUT2D eigenvalue weighted by Gasteiger charge is 2.17. The molecule has 0 spiro atoms. The Morgan fingerprint density at radius 3 is 2.07 bits per heavy atom. The molecule has 0 heterocycles. The molecule has 2 N–H and O–H groups in total. The molecule has 27 heavy (non-hydrogen) atoms. The van der Waals surface area contributed by atoms with Crippen molar-refractivity contribution in [1.82, 2.24) is 10.6 Å². The van der Waals surface area contributed by atoms with Crippen LogP contribution in [0.15, 0.2) is 12.1 Å². The summed E-state index contributed by atoms with van der Waals surface area (Å²) in [6, 6.07) is 2.90. The predicted molar refractivity (Wildman–Crippen MR) is 94.3 cm³/mol. The van der Waals surface area contributed by atoms with Crippen LogP contribution in [-0.2, 0) is 19.1 Å². The van der Waals surface area contributed by atoms with Gasteiger partial charge in [-0.25, -0.2) is 0 Å². The number of esters is 1. The maximum atomic E-state index is 12.2. The number of ether oxygens (including phenoxy) is 5. The van der Waals surface area contributed by atoms with Crippen LogP contribution < -0.4 is 24.8 Å². The summed E-state index contributed by atoms with van der Waals surface area (Å²) in [4.78, 5) is 35.3. The van der Waals surface area contributed by atoms with Gasteiger partial charge in [-0.3, -0.25) is 14.4 Å². The molecule has 1 rings (SSSR count). The first-order chi connectivity index (χ1) is 13.0. The summed E-state index contributed by atoms with van der Waals surface area (Å²) in [5.41, 5.74) is 0.203. The van der Waals surface area contributed by atoms with E-state index in [9.17, 15) is 14.4 Å². The summed E-state index contributed by atoms with van der Waals surface area (Å²) in [7, 11) is 5.80. The molecular weight excluding hydrogens is 360 g/mol. The Morgan fingerprint density at radius 1 is 0.926 bits per heavy atom. The van der Waals surface area contributed by atoms with Crippen LogP contribution in [0.5, 0.6) is 17.2 Å². The minimum absolute atomic E-state index is 0.203. The average Bonchev–Trinajstić information content (AvgIpc) is 2.69. The van der Waals surface area contributed by atoms with Gasteiger partial charge in [0.1, 0.15) is 6.54 Å². The van der Waals surface area contributed by atoms with E-state index in [1.165, 1.54) is 40.6 Å². The SMILES string of the molecule is COCCNC(=O)COC(=O)CNC(=O)c1cc(OC)c(OC)c(OC)c1. The molecule has 150 valence electrons. The molecule has 0 saturated carbocycles. The van der Waals surface area contributed by atoms with Gasteiger partial charge >= 0.3 is 5.97 Å². The monoisotopic (exact) mass is 384 g/mol. The number of hydrogen-bond donors (Lipinski definition) is 2.